The molecule has 0 unspecified atom stereocenters. The van der Waals surface area contributed by atoms with Crippen molar-refractivity contribution in [3.63, 3.8) is 0 Å². The Labute approximate surface area is 252 Å². The molecule has 0 aliphatic carbocycles. The van der Waals surface area contributed by atoms with Gasteiger partial charge in [-0.3, -0.25) is 19.2 Å². The molecule has 0 saturated carbocycles. The quantitative estimate of drug-likeness (QED) is 0.197. The second kappa shape index (κ2) is 11.9. The molecule has 6 rings (SSSR count). The first-order chi connectivity index (χ1) is 20.8. The molecule has 1 atom stereocenters. The lowest BCUT2D eigenvalue weighted by molar-refractivity contribution is -0.117. The van der Waals surface area contributed by atoms with Gasteiger partial charge in [-0.1, -0.05) is 12.1 Å². The second-order valence-corrected chi connectivity index (χ2v) is 11.5. The van der Waals surface area contributed by atoms with Crippen LogP contribution in [0.25, 0.3) is 22.2 Å². The van der Waals surface area contributed by atoms with E-state index in [1.165, 1.54) is 11.3 Å². The number of para-hydroxylation sites is 1. The van der Waals surface area contributed by atoms with Gasteiger partial charge in [0.2, 0.25) is 11.9 Å². The highest BCUT2D eigenvalue weighted by Gasteiger charge is 2.27. The fourth-order valence-electron chi connectivity index (χ4n) is 5.24. The van der Waals surface area contributed by atoms with Crippen LogP contribution in [0.2, 0.25) is 0 Å². The van der Waals surface area contributed by atoms with E-state index in [0.29, 0.717) is 34.6 Å². The van der Waals surface area contributed by atoms with Gasteiger partial charge in [0.1, 0.15) is 16.7 Å². The Morgan fingerprint density at radius 3 is 2.88 bits per heavy atom. The first-order valence-corrected chi connectivity index (χ1v) is 14.9. The summed E-state index contributed by atoms with van der Waals surface area (Å²) in [5.41, 5.74) is 5.16. The number of H-pyrrole nitrogens is 1. The fraction of sp³-hybridized carbons (Fsp3) is 0.300. The maximum atomic E-state index is 13.1. The molecule has 1 aliphatic heterocycles. The number of fused-ring (bicyclic) bond motifs is 1. The van der Waals surface area contributed by atoms with Crippen LogP contribution in [0.3, 0.4) is 0 Å². The van der Waals surface area contributed by atoms with Crippen molar-refractivity contribution in [1.29, 1.82) is 0 Å². The molecule has 5 aromatic rings. The summed E-state index contributed by atoms with van der Waals surface area (Å²) in [5, 5.41) is 16.1. The van der Waals surface area contributed by atoms with Gasteiger partial charge in [0.15, 0.2) is 5.82 Å². The molecule has 4 N–H and O–H groups in total. The maximum absolute atomic E-state index is 13.1. The number of aromatic amines is 1. The Morgan fingerprint density at radius 2 is 2.09 bits per heavy atom. The Balaban J connectivity index is 1.13. The van der Waals surface area contributed by atoms with E-state index in [1.807, 2.05) is 62.8 Å². The van der Waals surface area contributed by atoms with Gasteiger partial charge in [-0.25, -0.2) is 9.97 Å². The number of aryl methyl sites for hydroxylation is 3. The summed E-state index contributed by atoms with van der Waals surface area (Å²) in [6.45, 7) is 5.53. The minimum Gasteiger partial charge on any atom is -0.487 e. The molecule has 0 radical (unpaired) electrons. The number of hydrogen-bond donors (Lipinski definition) is 4. The largest absolute Gasteiger partial charge is 0.487 e. The number of thiophene rings is 1. The van der Waals surface area contributed by atoms with Gasteiger partial charge in [0.05, 0.1) is 23.4 Å². The van der Waals surface area contributed by atoms with E-state index in [2.05, 4.69) is 35.9 Å². The minimum atomic E-state index is -0.160. The number of aromatic nitrogens is 5. The number of hydrogen-bond acceptors (Lipinski definition) is 9. The average Bonchev–Trinajstić information content (AvgIpc) is 3.78. The van der Waals surface area contributed by atoms with Gasteiger partial charge >= 0.3 is 0 Å². The van der Waals surface area contributed by atoms with Crippen LogP contribution in [0.15, 0.2) is 48.1 Å². The summed E-state index contributed by atoms with van der Waals surface area (Å²) in [6.07, 6.45) is 4.39. The standard InChI is InChI=1S/C30H33N9O3S/c1-17-13-33-30(35-24-12-18(2)38(4)37-24)36-26(17)21-14-32-27-20(21)6-5-7-22(27)34-25(40)16-39-10-8-19(15-39)42-23-9-11-43-28(23)29(41)31-3/h5-7,9,11-14,19,32H,8,10,15-16H2,1-4H3,(H,31,41)(H,34,40)(H,33,35,36,37)/t19-/m0/s1. The van der Waals surface area contributed by atoms with E-state index < -0.39 is 0 Å². The van der Waals surface area contributed by atoms with E-state index in [-0.39, 0.29) is 24.5 Å². The third kappa shape index (κ3) is 5.94. The monoisotopic (exact) mass is 599 g/mol. The van der Waals surface area contributed by atoms with Gasteiger partial charge in [-0.2, -0.15) is 5.10 Å². The van der Waals surface area contributed by atoms with Crippen molar-refractivity contribution in [2.75, 3.05) is 37.3 Å². The van der Waals surface area contributed by atoms with Crippen molar-refractivity contribution in [2.45, 2.75) is 26.4 Å². The summed E-state index contributed by atoms with van der Waals surface area (Å²) in [6, 6.07) is 9.57. The normalized spacial score (nSPS) is 15.1. The van der Waals surface area contributed by atoms with Crippen molar-refractivity contribution in [2.24, 2.45) is 7.05 Å². The van der Waals surface area contributed by atoms with E-state index in [0.717, 1.165) is 46.4 Å². The number of amides is 2. The van der Waals surface area contributed by atoms with Crippen LogP contribution in [-0.2, 0) is 11.8 Å². The highest BCUT2D eigenvalue weighted by molar-refractivity contribution is 7.12. The number of rotatable bonds is 9. The molecule has 1 saturated heterocycles. The lowest BCUT2D eigenvalue weighted by atomic mass is 10.1. The van der Waals surface area contributed by atoms with Crippen LogP contribution in [0.4, 0.5) is 17.5 Å². The molecule has 5 heterocycles. The average molecular weight is 600 g/mol. The van der Waals surface area contributed by atoms with Crippen molar-refractivity contribution in [3.8, 4) is 17.0 Å². The van der Waals surface area contributed by atoms with Gasteiger partial charge in [0, 0.05) is 62.3 Å². The van der Waals surface area contributed by atoms with E-state index in [1.54, 1.807) is 17.9 Å². The molecule has 0 spiro atoms. The summed E-state index contributed by atoms with van der Waals surface area (Å²) >= 11 is 1.35. The SMILES string of the molecule is CNC(=O)c1sccc1O[C@H]1CCN(CC(=O)Nc2cccc3c(-c4nc(Nc5cc(C)n(C)n5)ncc4C)c[nH]c23)C1. The van der Waals surface area contributed by atoms with Gasteiger partial charge in [0.25, 0.3) is 5.91 Å². The molecule has 2 amide bonds. The molecule has 1 fully saturated rings. The highest BCUT2D eigenvalue weighted by Crippen LogP contribution is 2.34. The van der Waals surface area contributed by atoms with E-state index in [9.17, 15) is 9.59 Å². The van der Waals surface area contributed by atoms with Crippen LogP contribution >= 0.6 is 11.3 Å². The van der Waals surface area contributed by atoms with Crippen LogP contribution in [-0.4, -0.2) is 74.2 Å². The second-order valence-electron chi connectivity index (χ2n) is 10.6. The molecule has 43 heavy (non-hydrogen) atoms. The third-order valence-corrected chi connectivity index (χ3v) is 8.42. The number of carbonyl (C=O) groups is 2. The molecule has 12 nitrogen and oxygen atoms in total. The first-order valence-electron chi connectivity index (χ1n) is 14.0. The number of ether oxygens (including phenoxy) is 1. The van der Waals surface area contributed by atoms with Crippen LogP contribution in [0.5, 0.6) is 5.75 Å². The first kappa shape index (κ1) is 28.4. The number of benzene rings is 1. The number of likely N-dealkylation sites (tertiary alicyclic amines) is 1. The Kier molecular flexibility index (Phi) is 7.82. The van der Waals surface area contributed by atoms with E-state index in [4.69, 9.17) is 9.72 Å². The zero-order chi connectivity index (χ0) is 30.1. The molecule has 222 valence electrons. The molecule has 1 aliphatic rings. The Hall–Kier alpha value is -4.75. The zero-order valence-electron chi connectivity index (χ0n) is 24.4. The smallest absolute Gasteiger partial charge is 0.264 e. The number of nitrogens with zero attached hydrogens (tertiary/aromatic N) is 5. The minimum absolute atomic E-state index is 0.0858. The third-order valence-electron chi connectivity index (χ3n) is 7.52. The molecular formula is C30H33N9O3S. The predicted octanol–water partition coefficient (Wildman–Crippen LogP) is 4.23. The topological polar surface area (TPSA) is 142 Å². The molecule has 4 aromatic heterocycles. The van der Waals surface area contributed by atoms with Crippen LogP contribution in [0.1, 0.15) is 27.3 Å². The number of anilines is 3. The predicted molar refractivity (Wildman–Crippen MR) is 167 cm³/mol. The van der Waals surface area contributed by atoms with Crippen LogP contribution < -0.4 is 20.7 Å². The lowest BCUT2D eigenvalue weighted by Crippen LogP contribution is -2.33. The van der Waals surface area contributed by atoms with Gasteiger partial charge in [-0.15, -0.1) is 11.3 Å². The molecule has 0 bridgehead atoms. The summed E-state index contributed by atoms with van der Waals surface area (Å²) in [4.78, 5) is 40.4. The number of nitrogens with one attached hydrogen (secondary N) is 4. The Bertz CT molecular complexity index is 1790. The molecule has 13 heteroatoms. The Morgan fingerprint density at radius 1 is 1.23 bits per heavy atom. The molecular weight excluding hydrogens is 566 g/mol. The van der Waals surface area contributed by atoms with Crippen molar-refractivity contribution < 1.29 is 14.3 Å². The molecule has 1 aromatic carbocycles. The lowest BCUT2D eigenvalue weighted by Gasteiger charge is -2.17. The van der Waals surface area contributed by atoms with Gasteiger partial charge in [-0.05, 0) is 43.3 Å². The maximum Gasteiger partial charge on any atom is 0.264 e. The van der Waals surface area contributed by atoms with Crippen LogP contribution in [0, 0.1) is 13.8 Å². The highest BCUT2D eigenvalue weighted by atomic mass is 32.1. The summed E-state index contributed by atoms with van der Waals surface area (Å²) in [7, 11) is 3.49. The zero-order valence-corrected chi connectivity index (χ0v) is 25.2. The van der Waals surface area contributed by atoms with Gasteiger partial charge < -0.3 is 25.7 Å². The summed E-state index contributed by atoms with van der Waals surface area (Å²) < 4.78 is 7.90. The van der Waals surface area contributed by atoms with Crippen molar-refractivity contribution >= 4 is 51.5 Å². The fourth-order valence-corrected chi connectivity index (χ4v) is 6.01. The van der Waals surface area contributed by atoms with Crippen molar-refractivity contribution in [3.05, 3.63) is 64.2 Å². The van der Waals surface area contributed by atoms with Crippen molar-refractivity contribution in [1.82, 2.24) is 34.9 Å². The summed E-state index contributed by atoms with van der Waals surface area (Å²) in [5.74, 6) is 1.45. The van der Waals surface area contributed by atoms with E-state index >= 15 is 0 Å². The number of carbonyl (C=O) groups excluding carboxylic acids is 2.